The van der Waals surface area contributed by atoms with Gasteiger partial charge in [-0.1, -0.05) is 99.6 Å². The van der Waals surface area contributed by atoms with Gasteiger partial charge in [0.25, 0.3) is 0 Å². The molecule has 0 heterocycles. The molecule has 0 saturated heterocycles. The maximum atomic E-state index is 7.89. The quantitative estimate of drug-likeness (QED) is 0.335. The molecule has 0 bridgehead atoms. The zero-order chi connectivity index (χ0) is 20.2. The molecule has 0 amide bonds. The molecule has 0 saturated carbocycles. The zero-order valence-electron chi connectivity index (χ0n) is 18.0. The molecule has 0 radical (unpaired) electrons. The molecule has 0 aromatic rings. The summed E-state index contributed by atoms with van der Waals surface area (Å²) in [5.41, 5.74) is 0. The van der Waals surface area contributed by atoms with Crippen LogP contribution >= 0.6 is 0 Å². The summed E-state index contributed by atoms with van der Waals surface area (Å²) in [6, 6.07) is 2.40. The summed E-state index contributed by atoms with van der Waals surface area (Å²) >= 11 is 0. The van der Waals surface area contributed by atoms with Gasteiger partial charge in [-0.25, -0.2) is 0 Å². The van der Waals surface area contributed by atoms with Crippen LogP contribution in [0.1, 0.15) is 52.4 Å². The van der Waals surface area contributed by atoms with E-state index in [1.807, 2.05) is 0 Å². The Balaban J connectivity index is 1.83. The Bertz CT molecular complexity index is 744. The molecule has 3 heteroatoms. The van der Waals surface area contributed by atoms with E-state index < -0.39 is 16.6 Å². The van der Waals surface area contributed by atoms with E-state index in [1.165, 1.54) is 24.9 Å². The average molecular weight is 419 g/mol. The lowest BCUT2D eigenvalue weighted by molar-refractivity contribution is 0.535. The van der Waals surface area contributed by atoms with Crippen molar-refractivity contribution in [2.75, 3.05) is 0 Å². The Morgan fingerprint density at radius 1 is 0.586 bits per heavy atom. The topological polar surface area (TPSA) is 9.23 Å². The van der Waals surface area contributed by atoms with E-state index in [4.69, 9.17) is 4.12 Å². The van der Waals surface area contributed by atoms with Gasteiger partial charge in [-0.15, -0.1) is 0 Å². The fraction of sp³-hybridized carbons (Fsp3) is 0.385. The van der Waals surface area contributed by atoms with E-state index >= 15 is 0 Å². The summed E-state index contributed by atoms with van der Waals surface area (Å²) in [5, 5.41) is 6.39. The summed E-state index contributed by atoms with van der Waals surface area (Å²) in [7, 11) is -4.43. The van der Waals surface area contributed by atoms with Crippen molar-refractivity contribution >= 4 is 16.6 Å². The van der Waals surface area contributed by atoms with Crippen LogP contribution in [0.5, 0.6) is 0 Å². The lowest BCUT2D eigenvalue weighted by Crippen LogP contribution is -2.56. The number of hydrogen-bond acceptors (Lipinski definition) is 1. The van der Waals surface area contributed by atoms with Gasteiger partial charge in [0.2, 0.25) is 16.6 Å². The first-order valence-electron chi connectivity index (χ1n) is 11.4. The molecule has 1 nitrogen and oxygen atoms in total. The Morgan fingerprint density at radius 3 is 1.10 bits per heavy atom. The largest absolute Gasteiger partial charge is 0.442 e. The van der Waals surface area contributed by atoms with Crippen LogP contribution in [0.25, 0.3) is 0 Å². The van der Waals surface area contributed by atoms with Crippen LogP contribution < -0.4 is 0 Å². The van der Waals surface area contributed by atoms with Crippen molar-refractivity contribution in [3.63, 3.8) is 0 Å². The Kier molecular flexibility index (Phi) is 6.38. The third-order valence-electron chi connectivity index (χ3n) is 6.71. The van der Waals surface area contributed by atoms with Crippen molar-refractivity contribution in [1.82, 2.24) is 0 Å². The predicted molar refractivity (Wildman–Crippen MR) is 130 cm³/mol. The first-order valence-corrected chi connectivity index (χ1v) is 15.6. The molecule has 0 aliphatic heterocycles. The van der Waals surface area contributed by atoms with Gasteiger partial charge in [0, 0.05) is 0 Å². The highest BCUT2D eigenvalue weighted by atomic mass is 28.4. The molecule has 29 heavy (non-hydrogen) atoms. The molecule has 0 fully saturated rings. The van der Waals surface area contributed by atoms with E-state index in [-0.39, 0.29) is 0 Å². The van der Waals surface area contributed by atoms with Crippen molar-refractivity contribution in [3.05, 3.63) is 93.7 Å². The molecule has 0 aromatic heterocycles. The highest BCUT2D eigenvalue weighted by Gasteiger charge is 2.52. The Hall–Kier alpha value is -1.69. The SMILES string of the molecule is CCC[Si](O[Si](CCC)(C1=CC=CC1)C1=CC=CC1)(C1=CC=CC1)C1=CC=CC1. The van der Waals surface area contributed by atoms with Crippen LogP contribution in [0.15, 0.2) is 93.7 Å². The zero-order valence-corrected chi connectivity index (χ0v) is 20.0. The van der Waals surface area contributed by atoms with E-state index in [9.17, 15) is 0 Å². The van der Waals surface area contributed by atoms with E-state index in [1.54, 1.807) is 20.8 Å². The minimum atomic E-state index is -2.22. The van der Waals surface area contributed by atoms with Crippen LogP contribution in [0.2, 0.25) is 12.1 Å². The number of allylic oxidation sites excluding steroid dienone is 16. The predicted octanol–water partition coefficient (Wildman–Crippen LogP) is 7.42. The lowest BCUT2D eigenvalue weighted by Gasteiger charge is -2.46. The van der Waals surface area contributed by atoms with Crippen molar-refractivity contribution in [3.8, 4) is 0 Å². The number of rotatable bonds is 10. The second-order valence-electron chi connectivity index (χ2n) is 8.55. The Morgan fingerprint density at radius 2 is 0.897 bits per heavy atom. The molecule has 4 aliphatic rings. The average Bonchev–Trinajstić information content (AvgIpc) is 3.55. The van der Waals surface area contributed by atoms with Crippen molar-refractivity contribution < 1.29 is 4.12 Å². The minimum absolute atomic E-state index is 1.08. The fourth-order valence-corrected chi connectivity index (χ4v) is 17.5. The van der Waals surface area contributed by atoms with Crippen LogP contribution in [0.4, 0.5) is 0 Å². The first kappa shape index (κ1) is 20.6. The van der Waals surface area contributed by atoms with Gasteiger partial charge in [-0.05, 0) is 58.6 Å². The molecule has 152 valence electrons. The highest BCUT2D eigenvalue weighted by molar-refractivity contribution is 7.00. The second-order valence-corrected chi connectivity index (χ2v) is 16.2. The van der Waals surface area contributed by atoms with Crippen LogP contribution in [0.3, 0.4) is 0 Å². The van der Waals surface area contributed by atoms with Gasteiger partial charge < -0.3 is 4.12 Å². The van der Waals surface area contributed by atoms with Gasteiger partial charge in [-0.3, -0.25) is 0 Å². The van der Waals surface area contributed by atoms with E-state index in [0.717, 1.165) is 25.7 Å². The van der Waals surface area contributed by atoms with Crippen LogP contribution in [-0.2, 0) is 4.12 Å². The summed E-state index contributed by atoms with van der Waals surface area (Å²) in [4.78, 5) is 0. The Labute approximate surface area is 178 Å². The molecule has 4 rings (SSSR count). The lowest BCUT2D eigenvalue weighted by atomic mass is 10.5. The third kappa shape index (κ3) is 3.76. The van der Waals surface area contributed by atoms with E-state index in [2.05, 4.69) is 86.8 Å². The van der Waals surface area contributed by atoms with E-state index in [0.29, 0.717) is 0 Å². The van der Waals surface area contributed by atoms with Crippen LogP contribution in [0, 0.1) is 0 Å². The third-order valence-corrected chi connectivity index (χ3v) is 17.5. The molecule has 0 N–H and O–H groups in total. The van der Waals surface area contributed by atoms with Crippen LogP contribution in [-0.4, -0.2) is 16.6 Å². The fourth-order valence-electron chi connectivity index (χ4n) is 5.41. The maximum absolute atomic E-state index is 7.89. The van der Waals surface area contributed by atoms with Gasteiger partial charge in [0.15, 0.2) is 0 Å². The standard InChI is InChI=1S/C26H34OSi2/c1-3-21-28(23-13-5-6-14-23,24-15-7-8-16-24)27-29(22-4-2,25-17-9-10-18-25)26-19-11-12-20-26/h5-13,15,17,19H,3-4,14,16,18,20-22H2,1-2H3. The molecule has 0 atom stereocenters. The number of hydrogen-bond donors (Lipinski definition) is 0. The molecule has 0 unspecified atom stereocenters. The normalized spacial score (nSPS) is 20.5. The summed E-state index contributed by atoms with van der Waals surface area (Å²) in [6.45, 7) is 4.68. The minimum Gasteiger partial charge on any atom is -0.442 e. The summed E-state index contributed by atoms with van der Waals surface area (Å²) in [6.07, 6.45) is 34.6. The van der Waals surface area contributed by atoms with Gasteiger partial charge >= 0.3 is 0 Å². The molecule has 4 aliphatic carbocycles. The maximum Gasteiger partial charge on any atom is 0.237 e. The first-order chi connectivity index (χ1) is 14.2. The van der Waals surface area contributed by atoms with Gasteiger partial charge in [-0.2, -0.15) is 0 Å². The summed E-state index contributed by atoms with van der Waals surface area (Å²) in [5.74, 6) is 0. The van der Waals surface area contributed by atoms with Crippen molar-refractivity contribution in [2.45, 2.75) is 64.5 Å². The molecule has 0 aromatic carbocycles. The molecular weight excluding hydrogens is 384 g/mol. The van der Waals surface area contributed by atoms with Crippen molar-refractivity contribution in [1.29, 1.82) is 0 Å². The molecule has 0 spiro atoms. The monoisotopic (exact) mass is 418 g/mol. The second kappa shape index (κ2) is 8.99. The van der Waals surface area contributed by atoms with Gasteiger partial charge in [0.05, 0.1) is 0 Å². The highest BCUT2D eigenvalue weighted by Crippen LogP contribution is 2.46. The van der Waals surface area contributed by atoms with Crippen molar-refractivity contribution in [2.24, 2.45) is 0 Å². The molecular formula is C26H34OSi2. The summed E-state index contributed by atoms with van der Waals surface area (Å²) < 4.78 is 7.89. The van der Waals surface area contributed by atoms with Gasteiger partial charge in [0.1, 0.15) is 0 Å². The smallest absolute Gasteiger partial charge is 0.237 e.